The Hall–Kier alpha value is -2.00. The summed E-state index contributed by atoms with van der Waals surface area (Å²) >= 11 is 0. The maximum absolute atomic E-state index is 12.6. The third kappa shape index (κ3) is 2.35. The minimum absolute atomic E-state index is 0.0142. The number of carbonyl (C=O) groups excluding carboxylic acids is 1. The van der Waals surface area contributed by atoms with Gasteiger partial charge in [0.2, 0.25) is 0 Å². The molecule has 4 aliphatic rings. The van der Waals surface area contributed by atoms with Gasteiger partial charge in [0.1, 0.15) is 0 Å². The van der Waals surface area contributed by atoms with E-state index in [1.54, 1.807) is 24.3 Å². The normalized spacial score (nSPS) is 35.0. The zero-order chi connectivity index (χ0) is 15.2. The largest absolute Gasteiger partial charge is 0.347 e. The summed E-state index contributed by atoms with van der Waals surface area (Å²) in [7, 11) is 0. The molecule has 114 valence electrons. The van der Waals surface area contributed by atoms with Crippen molar-refractivity contribution < 1.29 is 4.79 Å². The number of rotatable bonds is 3. The summed E-state index contributed by atoms with van der Waals surface area (Å²) in [6.07, 6.45) is 7.51. The lowest BCUT2D eigenvalue weighted by Gasteiger charge is -2.56. The summed E-state index contributed by atoms with van der Waals surface area (Å²) in [6, 6.07) is 6.92. The van der Waals surface area contributed by atoms with Crippen LogP contribution in [0, 0.1) is 17.8 Å². The van der Waals surface area contributed by atoms with Crippen molar-refractivity contribution in [2.45, 2.75) is 44.1 Å². The molecule has 1 N–H and O–H groups in total. The Balaban J connectivity index is 1.54. The highest BCUT2D eigenvalue weighted by atomic mass is 16.1. The van der Waals surface area contributed by atoms with E-state index in [4.69, 9.17) is 5.53 Å². The number of hydrogen-bond donors (Lipinski definition) is 1. The van der Waals surface area contributed by atoms with Crippen LogP contribution in [-0.4, -0.2) is 11.4 Å². The van der Waals surface area contributed by atoms with Gasteiger partial charge in [-0.2, -0.15) is 0 Å². The van der Waals surface area contributed by atoms with E-state index in [1.807, 2.05) is 0 Å². The number of carbonyl (C=O) groups is 1. The first-order valence-electron chi connectivity index (χ1n) is 8.13. The maximum atomic E-state index is 12.6. The van der Waals surface area contributed by atoms with Crippen molar-refractivity contribution in [3.63, 3.8) is 0 Å². The smallest absolute Gasteiger partial charge is 0.251 e. The van der Waals surface area contributed by atoms with Crippen LogP contribution < -0.4 is 5.32 Å². The van der Waals surface area contributed by atoms with Crippen molar-refractivity contribution in [3.05, 3.63) is 40.3 Å². The van der Waals surface area contributed by atoms with Crippen LogP contribution in [0.5, 0.6) is 0 Å². The van der Waals surface area contributed by atoms with Crippen molar-refractivity contribution in [1.82, 2.24) is 5.32 Å². The van der Waals surface area contributed by atoms with Gasteiger partial charge in [0.25, 0.3) is 5.91 Å². The number of nitrogens with zero attached hydrogens (tertiary/aromatic N) is 3. The monoisotopic (exact) mass is 296 g/mol. The van der Waals surface area contributed by atoms with E-state index >= 15 is 0 Å². The van der Waals surface area contributed by atoms with Crippen molar-refractivity contribution >= 4 is 11.6 Å². The van der Waals surface area contributed by atoms with Crippen molar-refractivity contribution in [1.29, 1.82) is 0 Å². The van der Waals surface area contributed by atoms with Gasteiger partial charge in [-0.25, -0.2) is 0 Å². The standard InChI is InChI=1S/C17H20N4O/c18-21-20-15-3-1-2-14(7-15)16(22)19-17-8-11-4-12(9-17)6-13(5-11)10-17/h1-3,7,11-13H,4-6,8-10H2,(H,19,22). The molecule has 0 atom stereocenters. The summed E-state index contributed by atoms with van der Waals surface area (Å²) in [6.45, 7) is 0. The number of benzene rings is 1. The molecule has 0 saturated heterocycles. The predicted molar refractivity (Wildman–Crippen MR) is 83.6 cm³/mol. The fourth-order valence-corrected chi connectivity index (χ4v) is 5.34. The van der Waals surface area contributed by atoms with Crippen LogP contribution >= 0.6 is 0 Å². The lowest BCUT2D eigenvalue weighted by Crippen LogP contribution is -2.59. The first kappa shape index (κ1) is 13.6. The zero-order valence-electron chi connectivity index (χ0n) is 12.5. The molecule has 1 amide bonds. The second kappa shape index (κ2) is 5.03. The van der Waals surface area contributed by atoms with Gasteiger partial charge >= 0.3 is 0 Å². The Kier molecular flexibility index (Phi) is 3.12. The van der Waals surface area contributed by atoms with E-state index in [2.05, 4.69) is 15.3 Å². The fourth-order valence-electron chi connectivity index (χ4n) is 5.34. The molecule has 4 aliphatic carbocycles. The van der Waals surface area contributed by atoms with Crippen LogP contribution in [0.2, 0.25) is 0 Å². The molecule has 4 bridgehead atoms. The van der Waals surface area contributed by atoms with Gasteiger partial charge in [0.05, 0.1) is 0 Å². The summed E-state index contributed by atoms with van der Waals surface area (Å²) in [4.78, 5) is 15.4. The van der Waals surface area contributed by atoms with E-state index < -0.39 is 0 Å². The molecule has 0 spiro atoms. The first-order valence-corrected chi connectivity index (χ1v) is 8.13. The van der Waals surface area contributed by atoms with E-state index in [-0.39, 0.29) is 11.4 Å². The Morgan fingerprint density at radius 2 is 1.82 bits per heavy atom. The van der Waals surface area contributed by atoms with Crippen LogP contribution in [0.1, 0.15) is 48.9 Å². The Labute approximate surface area is 129 Å². The molecule has 0 aliphatic heterocycles. The van der Waals surface area contributed by atoms with E-state index in [0.717, 1.165) is 37.0 Å². The molecule has 4 saturated carbocycles. The molecule has 0 radical (unpaired) electrons. The van der Waals surface area contributed by atoms with Gasteiger partial charge in [-0.15, -0.1) is 0 Å². The van der Waals surface area contributed by atoms with Gasteiger partial charge in [-0.1, -0.05) is 17.2 Å². The number of azide groups is 1. The van der Waals surface area contributed by atoms with Gasteiger partial charge in [-0.3, -0.25) is 4.79 Å². The minimum atomic E-state index is -0.0306. The van der Waals surface area contributed by atoms with Gasteiger partial charge in [0.15, 0.2) is 0 Å². The Bertz CT molecular complexity index is 627. The van der Waals surface area contributed by atoms with E-state index in [1.165, 1.54) is 19.3 Å². The molecule has 0 aromatic heterocycles. The zero-order valence-corrected chi connectivity index (χ0v) is 12.5. The first-order chi connectivity index (χ1) is 10.7. The SMILES string of the molecule is [N-]=[N+]=Nc1cccc(C(=O)NC23CC4CC(CC(C4)C2)C3)c1. The second-order valence-electron chi connectivity index (χ2n) is 7.39. The average Bonchev–Trinajstić information content (AvgIpc) is 2.46. The second-order valence-corrected chi connectivity index (χ2v) is 7.39. The Morgan fingerprint density at radius 3 is 2.41 bits per heavy atom. The summed E-state index contributed by atoms with van der Waals surface area (Å²) in [5, 5.41) is 6.91. The quantitative estimate of drug-likeness (QED) is 0.503. The van der Waals surface area contributed by atoms with Crippen molar-refractivity contribution in [2.75, 3.05) is 0 Å². The molecule has 5 heteroatoms. The van der Waals surface area contributed by atoms with Crippen LogP contribution in [-0.2, 0) is 0 Å². The topological polar surface area (TPSA) is 77.9 Å². The number of nitrogens with one attached hydrogen (secondary N) is 1. The molecule has 22 heavy (non-hydrogen) atoms. The van der Waals surface area contributed by atoms with Gasteiger partial charge in [0, 0.05) is 21.7 Å². The molecular formula is C17H20N4O. The highest BCUT2D eigenvalue weighted by Gasteiger charge is 2.51. The van der Waals surface area contributed by atoms with Gasteiger partial charge in [-0.05, 0) is 73.9 Å². The summed E-state index contributed by atoms with van der Waals surface area (Å²) < 4.78 is 0. The van der Waals surface area contributed by atoms with Crippen LogP contribution in [0.3, 0.4) is 0 Å². The predicted octanol–water partition coefficient (Wildman–Crippen LogP) is 4.33. The molecule has 4 fully saturated rings. The van der Waals surface area contributed by atoms with E-state index in [9.17, 15) is 4.79 Å². The summed E-state index contributed by atoms with van der Waals surface area (Å²) in [5.74, 6) is 2.39. The van der Waals surface area contributed by atoms with Crippen LogP contribution in [0.15, 0.2) is 29.4 Å². The van der Waals surface area contributed by atoms with Crippen molar-refractivity contribution in [3.8, 4) is 0 Å². The highest BCUT2D eigenvalue weighted by molar-refractivity contribution is 5.95. The van der Waals surface area contributed by atoms with Gasteiger partial charge < -0.3 is 5.32 Å². The third-order valence-corrected chi connectivity index (χ3v) is 5.69. The lowest BCUT2D eigenvalue weighted by atomic mass is 9.53. The van der Waals surface area contributed by atoms with E-state index in [0.29, 0.717) is 11.3 Å². The third-order valence-electron chi connectivity index (χ3n) is 5.69. The fraction of sp³-hybridized carbons (Fsp3) is 0.588. The van der Waals surface area contributed by atoms with Crippen LogP contribution in [0.4, 0.5) is 5.69 Å². The molecule has 0 unspecified atom stereocenters. The van der Waals surface area contributed by atoms with Crippen molar-refractivity contribution in [2.24, 2.45) is 22.9 Å². The number of hydrogen-bond acceptors (Lipinski definition) is 2. The average molecular weight is 296 g/mol. The maximum Gasteiger partial charge on any atom is 0.251 e. The molecule has 5 nitrogen and oxygen atoms in total. The highest BCUT2D eigenvalue weighted by Crippen LogP contribution is 2.55. The molecule has 0 heterocycles. The molecule has 1 aromatic rings. The molecule has 1 aromatic carbocycles. The molecule has 5 rings (SSSR count). The minimum Gasteiger partial charge on any atom is -0.347 e. The molecular weight excluding hydrogens is 276 g/mol. The van der Waals surface area contributed by atoms with Crippen LogP contribution in [0.25, 0.3) is 10.4 Å². The number of amides is 1. The Morgan fingerprint density at radius 1 is 1.18 bits per heavy atom. The summed E-state index contributed by atoms with van der Waals surface area (Å²) in [5.41, 5.74) is 9.60. The lowest BCUT2D eigenvalue weighted by molar-refractivity contribution is -0.0167.